The maximum absolute atomic E-state index is 13.5. The topological polar surface area (TPSA) is 94.2 Å². The number of aromatic amines is 1. The molecule has 1 aliphatic heterocycles. The van der Waals surface area contributed by atoms with Gasteiger partial charge in [-0.2, -0.15) is 0 Å². The summed E-state index contributed by atoms with van der Waals surface area (Å²) in [6, 6.07) is 7.82. The fourth-order valence-corrected chi connectivity index (χ4v) is 5.17. The Bertz CT molecular complexity index is 1290. The molecule has 2 aromatic heterocycles. The molecule has 2 N–H and O–H groups in total. The number of carbonyl (C=O) groups is 1. The van der Waals surface area contributed by atoms with Crippen molar-refractivity contribution >= 4 is 22.5 Å². The zero-order valence-electron chi connectivity index (χ0n) is 19.6. The lowest BCUT2D eigenvalue weighted by Gasteiger charge is -2.39. The van der Waals surface area contributed by atoms with Crippen LogP contribution in [-0.4, -0.2) is 71.0 Å². The summed E-state index contributed by atoms with van der Waals surface area (Å²) >= 11 is 0. The summed E-state index contributed by atoms with van der Waals surface area (Å²) in [7, 11) is 0. The van der Waals surface area contributed by atoms with Gasteiger partial charge in [-0.05, 0) is 49.6 Å². The first-order chi connectivity index (χ1) is 17.4. The lowest BCUT2D eigenvalue weighted by atomic mass is 10.1. The van der Waals surface area contributed by atoms with Crippen LogP contribution in [0.15, 0.2) is 41.3 Å². The number of benzene rings is 1. The van der Waals surface area contributed by atoms with Crippen molar-refractivity contribution in [3.05, 3.63) is 64.2 Å². The second-order valence-electron chi connectivity index (χ2n) is 9.30. The number of halogens is 3. The van der Waals surface area contributed by atoms with Gasteiger partial charge in [0.05, 0.1) is 29.3 Å². The van der Waals surface area contributed by atoms with E-state index in [1.165, 1.54) is 12.1 Å². The highest BCUT2D eigenvalue weighted by molar-refractivity contribution is 5.92. The molecule has 2 fully saturated rings. The Labute approximate surface area is 205 Å². The molecule has 0 radical (unpaired) electrons. The van der Waals surface area contributed by atoms with Gasteiger partial charge in [-0.25, -0.2) is 23.1 Å². The SMILES string of the molecule is O=C(NCC(F)F)c1ccc(N2CCN(C3CCC(c4nc5ccc(F)cc5c(=O)[nH]4)C3)CC2)cn1. The fourth-order valence-electron chi connectivity index (χ4n) is 5.17. The minimum Gasteiger partial charge on any atom is -0.368 e. The van der Waals surface area contributed by atoms with Gasteiger partial charge in [0.15, 0.2) is 0 Å². The van der Waals surface area contributed by atoms with Crippen molar-refractivity contribution in [2.75, 3.05) is 37.6 Å². The molecule has 1 amide bonds. The Morgan fingerprint density at radius 1 is 1.14 bits per heavy atom. The van der Waals surface area contributed by atoms with Crippen molar-refractivity contribution in [2.24, 2.45) is 0 Å². The number of H-pyrrole nitrogens is 1. The Morgan fingerprint density at radius 3 is 2.67 bits per heavy atom. The molecular formula is C25H27F3N6O2. The number of hydrogen-bond donors (Lipinski definition) is 2. The highest BCUT2D eigenvalue weighted by Gasteiger charge is 2.33. The van der Waals surface area contributed by atoms with Crippen LogP contribution in [0.2, 0.25) is 0 Å². The van der Waals surface area contributed by atoms with Crippen LogP contribution in [0.3, 0.4) is 0 Å². The molecule has 1 saturated carbocycles. The predicted octanol–water partition coefficient (Wildman–Crippen LogP) is 2.91. The first kappa shape index (κ1) is 24.2. The number of nitrogens with one attached hydrogen (secondary N) is 2. The molecule has 1 aromatic carbocycles. The van der Waals surface area contributed by atoms with E-state index in [-0.39, 0.29) is 22.6 Å². The molecule has 8 nitrogen and oxygen atoms in total. The zero-order valence-corrected chi connectivity index (χ0v) is 19.6. The Balaban J connectivity index is 1.16. The number of piperazine rings is 1. The quantitative estimate of drug-likeness (QED) is 0.541. The molecule has 2 aliphatic rings. The third kappa shape index (κ3) is 5.20. The van der Waals surface area contributed by atoms with E-state index in [0.29, 0.717) is 17.4 Å². The molecular weight excluding hydrogens is 473 g/mol. The van der Waals surface area contributed by atoms with Crippen LogP contribution >= 0.6 is 0 Å². The summed E-state index contributed by atoms with van der Waals surface area (Å²) in [4.78, 5) is 40.6. The Morgan fingerprint density at radius 2 is 1.94 bits per heavy atom. The molecule has 2 atom stereocenters. The minimum atomic E-state index is -2.60. The summed E-state index contributed by atoms with van der Waals surface area (Å²) < 4.78 is 38.0. The van der Waals surface area contributed by atoms with E-state index in [1.807, 2.05) is 0 Å². The van der Waals surface area contributed by atoms with Gasteiger partial charge in [0, 0.05) is 38.1 Å². The van der Waals surface area contributed by atoms with Crippen molar-refractivity contribution in [1.29, 1.82) is 0 Å². The average Bonchev–Trinajstić information content (AvgIpc) is 3.38. The molecule has 2 unspecified atom stereocenters. The number of fused-ring (bicyclic) bond motifs is 1. The molecule has 5 rings (SSSR count). The van der Waals surface area contributed by atoms with E-state index in [9.17, 15) is 22.8 Å². The van der Waals surface area contributed by atoms with Gasteiger partial charge in [0.1, 0.15) is 17.3 Å². The number of aromatic nitrogens is 3. The van der Waals surface area contributed by atoms with E-state index in [4.69, 9.17) is 0 Å². The van der Waals surface area contributed by atoms with E-state index >= 15 is 0 Å². The highest BCUT2D eigenvalue weighted by Crippen LogP contribution is 2.36. The monoisotopic (exact) mass is 500 g/mol. The van der Waals surface area contributed by atoms with Gasteiger partial charge in [-0.15, -0.1) is 0 Å². The summed E-state index contributed by atoms with van der Waals surface area (Å²) in [6.07, 6.45) is 1.85. The lowest BCUT2D eigenvalue weighted by Crippen LogP contribution is -2.49. The van der Waals surface area contributed by atoms with Crippen LogP contribution in [0.25, 0.3) is 10.9 Å². The number of nitrogens with zero attached hydrogens (tertiary/aromatic N) is 4. The van der Waals surface area contributed by atoms with E-state index in [2.05, 4.69) is 30.1 Å². The lowest BCUT2D eigenvalue weighted by molar-refractivity contribution is 0.0887. The molecule has 36 heavy (non-hydrogen) atoms. The molecule has 11 heteroatoms. The third-order valence-corrected chi connectivity index (χ3v) is 7.07. The van der Waals surface area contributed by atoms with Crippen molar-refractivity contribution < 1.29 is 18.0 Å². The number of amides is 1. The first-order valence-corrected chi connectivity index (χ1v) is 12.1. The van der Waals surface area contributed by atoms with Crippen LogP contribution < -0.4 is 15.8 Å². The van der Waals surface area contributed by atoms with E-state index in [0.717, 1.165) is 51.1 Å². The van der Waals surface area contributed by atoms with Crippen LogP contribution in [-0.2, 0) is 0 Å². The highest BCUT2D eigenvalue weighted by atomic mass is 19.3. The van der Waals surface area contributed by atoms with E-state index in [1.54, 1.807) is 24.4 Å². The molecule has 0 bridgehead atoms. The number of pyridine rings is 1. The maximum atomic E-state index is 13.5. The van der Waals surface area contributed by atoms with Crippen LogP contribution in [0.1, 0.15) is 41.5 Å². The van der Waals surface area contributed by atoms with E-state index < -0.39 is 24.7 Å². The van der Waals surface area contributed by atoms with Crippen LogP contribution in [0.5, 0.6) is 0 Å². The van der Waals surface area contributed by atoms with Crippen molar-refractivity contribution in [2.45, 2.75) is 37.6 Å². The van der Waals surface area contributed by atoms with Crippen molar-refractivity contribution in [3.63, 3.8) is 0 Å². The standard InChI is InChI=1S/C25H27F3N6O2/c26-16-2-5-20-19(12-16)24(35)32-23(31-20)15-1-3-17(11-15)33-7-9-34(10-8-33)18-4-6-21(29-13-18)25(36)30-14-22(27)28/h2,4-6,12-13,15,17,22H,1,3,7-11,14H2,(H,30,36)(H,31,32,35). The van der Waals surface area contributed by atoms with Crippen molar-refractivity contribution in [1.82, 2.24) is 25.2 Å². The number of anilines is 1. The molecule has 3 aromatic rings. The van der Waals surface area contributed by atoms with Crippen LogP contribution in [0, 0.1) is 5.82 Å². The number of hydrogen-bond acceptors (Lipinski definition) is 6. The number of carbonyl (C=O) groups excluding carboxylic acids is 1. The average molecular weight is 501 g/mol. The van der Waals surface area contributed by atoms with Crippen LogP contribution in [0.4, 0.5) is 18.9 Å². The van der Waals surface area contributed by atoms with Gasteiger partial charge in [-0.1, -0.05) is 0 Å². The zero-order chi connectivity index (χ0) is 25.2. The second-order valence-corrected chi connectivity index (χ2v) is 9.30. The largest absolute Gasteiger partial charge is 0.368 e. The van der Waals surface area contributed by atoms with Gasteiger partial charge in [0.2, 0.25) is 0 Å². The molecule has 190 valence electrons. The predicted molar refractivity (Wildman–Crippen MR) is 129 cm³/mol. The van der Waals surface area contributed by atoms with Gasteiger partial charge in [-0.3, -0.25) is 14.5 Å². The maximum Gasteiger partial charge on any atom is 0.270 e. The molecule has 1 aliphatic carbocycles. The molecule has 1 saturated heterocycles. The number of alkyl halides is 2. The normalized spacial score (nSPS) is 20.8. The van der Waals surface area contributed by atoms with Gasteiger partial charge < -0.3 is 15.2 Å². The number of rotatable bonds is 6. The van der Waals surface area contributed by atoms with Gasteiger partial charge >= 0.3 is 0 Å². The summed E-state index contributed by atoms with van der Waals surface area (Å²) in [5.41, 5.74) is 1.20. The molecule has 0 spiro atoms. The Hall–Kier alpha value is -3.47. The molecule has 3 heterocycles. The third-order valence-electron chi connectivity index (χ3n) is 7.07. The minimum absolute atomic E-state index is 0.112. The second kappa shape index (κ2) is 10.3. The summed E-state index contributed by atoms with van der Waals surface area (Å²) in [5.74, 6) is -0.242. The summed E-state index contributed by atoms with van der Waals surface area (Å²) in [5, 5.41) is 2.42. The van der Waals surface area contributed by atoms with Gasteiger partial charge in [0.25, 0.3) is 17.9 Å². The Kier molecular flexibility index (Phi) is 6.90. The smallest absolute Gasteiger partial charge is 0.270 e. The fraction of sp³-hybridized carbons (Fsp3) is 0.440. The summed E-state index contributed by atoms with van der Waals surface area (Å²) in [6.45, 7) is 2.65. The van der Waals surface area contributed by atoms with Crippen molar-refractivity contribution in [3.8, 4) is 0 Å². The first-order valence-electron chi connectivity index (χ1n) is 12.1.